The Hall–Kier alpha value is -1.73. The molecule has 2 rings (SSSR count). The summed E-state index contributed by atoms with van der Waals surface area (Å²) in [6, 6.07) is 4.24. The third kappa shape index (κ3) is 2.88. The second kappa shape index (κ2) is 6.15. The van der Waals surface area contributed by atoms with Crippen molar-refractivity contribution in [2.75, 3.05) is 14.2 Å². The Morgan fingerprint density at radius 1 is 1.40 bits per heavy atom. The van der Waals surface area contributed by atoms with Crippen molar-refractivity contribution < 1.29 is 13.9 Å². The highest BCUT2D eigenvalue weighted by Gasteiger charge is 2.12. The van der Waals surface area contributed by atoms with E-state index >= 15 is 0 Å². The molecule has 0 atom stereocenters. The fourth-order valence-electron chi connectivity index (χ4n) is 1.68. The number of nitrogens with one attached hydrogen (secondary N) is 1. The third-order valence-electron chi connectivity index (χ3n) is 2.64. The molecule has 106 valence electrons. The molecule has 1 N–H and O–H groups in total. The maximum Gasteiger partial charge on any atom is 0.265 e. The summed E-state index contributed by atoms with van der Waals surface area (Å²) < 4.78 is 23.6. The molecule has 0 aliphatic heterocycles. The molecule has 1 aromatic heterocycles. The van der Waals surface area contributed by atoms with Crippen LogP contribution < -0.4 is 10.3 Å². The average molecular weight is 343 g/mol. The van der Waals surface area contributed by atoms with Crippen LogP contribution in [0.15, 0.2) is 27.5 Å². The van der Waals surface area contributed by atoms with Gasteiger partial charge < -0.3 is 14.5 Å². The van der Waals surface area contributed by atoms with E-state index < -0.39 is 5.82 Å². The number of nitrogens with zero attached hydrogens (tertiary/aromatic N) is 1. The van der Waals surface area contributed by atoms with Crippen LogP contribution >= 0.6 is 15.9 Å². The molecule has 2 aromatic rings. The Morgan fingerprint density at radius 2 is 2.15 bits per heavy atom. The minimum Gasteiger partial charge on any atom is -0.494 e. The maximum atomic E-state index is 13.4. The van der Waals surface area contributed by atoms with Gasteiger partial charge in [-0.2, -0.15) is 0 Å². The van der Waals surface area contributed by atoms with Crippen molar-refractivity contribution in [2.24, 2.45) is 0 Å². The standard InChI is InChI=1S/C13H12BrFN2O3/c1-19-6-9-11(14)13(18)17-12(16-9)7-3-4-8(15)10(5-7)20-2/h3-5H,6H2,1-2H3,(H,16,17,18). The van der Waals surface area contributed by atoms with Crippen LogP contribution in [-0.4, -0.2) is 24.2 Å². The number of rotatable bonds is 4. The van der Waals surface area contributed by atoms with Gasteiger partial charge in [0.1, 0.15) is 10.3 Å². The second-order valence-corrected chi connectivity index (χ2v) is 4.75. The summed E-state index contributed by atoms with van der Waals surface area (Å²) in [6.45, 7) is 0.190. The van der Waals surface area contributed by atoms with E-state index in [4.69, 9.17) is 9.47 Å². The van der Waals surface area contributed by atoms with E-state index in [9.17, 15) is 9.18 Å². The number of aromatic amines is 1. The van der Waals surface area contributed by atoms with Gasteiger partial charge in [0.05, 0.1) is 19.4 Å². The number of benzene rings is 1. The Morgan fingerprint density at radius 3 is 2.80 bits per heavy atom. The lowest BCUT2D eigenvalue weighted by molar-refractivity contribution is 0.180. The molecule has 20 heavy (non-hydrogen) atoms. The molecule has 0 radical (unpaired) electrons. The quantitative estimate of drug-likeness (QED) is 0.927. The normalized spacial score (nSPS) is 10.6. The summed E-state index contributed by atoms with van der Waals surface area (Å²) in [4.78, 5) is 18.7. The van der Waals surface area contributed by atoms with Gasteiger partial charge in [-0.15, -0.1) is 0 Å². The molecule has 0 unspecified atom stereocenters. The van der Waals surface area contributed by atoms with E-state index in [1.165, 1.54) is 32.4 Å². The predicted octanol–water partition coefficient (Wildman–Crippen LogP) is 2.49. The number of ether oxygens (including phenoxy) is 2. The Kier molecular flexibility index (Phi) is 4.51. The Bertz CT molecular complexity index is 688. The van der Waals surface area contributed by atoms with Crippen molar-refractivity contribution in [3.63, 3.8) is 0 Å². The van der Waals surface area contributed by atoms with Crippen LogP contribution in [0, 0.1) is 5.82 Å². The van der Waals surface area contributed by atoms with E-state index in [1.54, 1.807) is 0 Å². The third-order valence-corrected chi connectivity index (χ3v) is 3.45. The fraction of sp³-hybridized carbons (Fsp3) is 0.231. The van der Waals surface area contributed by atoms with Crippen LogP contribution in [0.2, 0.25) is 0 Å². The number of H-pyrrole nitrogens is 1. The van der Waals surface area contributed by atoms with E-state index in [2.05, 4.69) is 25.9 Å². The number of aromatic nitrogens is 2. The number of hydrogen-bond donors (Lipinski definition) is 1. The molecule has 0 spiro atoms. The molecule has 1 aromatic carbocycles. The van der Waals surface area contributed by atoms with E-state index in [1.807, 2.05) is 0 Å². The summed E-state index contributed by atoms with van der Waals surface area (Å²) in [5.41, 5.74) is 0.685. The second-order valence-electron chi connectivity index (χ2n) is 3.96. The minimum atomic E-state index is -0.479. The molecular weight excluding hydrogens is 331 g/mol. The first-order valence-corrected chi connectivity index (χ1v) is 6.47. The first-order valence-electron chi connectivity index (χ1n) is 5.68. The zero-order valence-corrected chi connectivity index (χ0v) is 12.5. The number of halogens is 2. The molecule has 0 aliphatic rings. The van der Waals surface area contributed by atoms with Crippen molar-refractivity contribution >= 4 is 15.9 Å². The highest BCUT2D eigenvalue weighted by Crippen LogP contribution is 2.24. The van der Waals surface area contributed by atoms with Crippen molar-refractivity contribution in [3.05, 3.63) is 44.5 Å². The zero-order valence-electron chi connectivity index (χ0n) is 10.9. The van der Waals surface area contributed by atoms with Crippen LogP contribution in [0.4, 0.5) is 4.39 Å². The average Bonchev–Trinajstić information content (AvgIpc) is 2.44. The first-order chi connectivity index (χ1) is 9.56. The highest BCUT2D eigenvalue weighted by atomic mass is 79.9. The molecule has 0 bridgehead atoms. The van der Waals surface area contributed by atoms with Crippen molar-refractivity contribution in [1.82, 2.24) is 9.97 Å². The molecule has 7 heteroatoms. The highest BCUT2D eigenvalue weighted by molar-refractivity contribution is 9.10. The van der Waals surface area contributed by atoms with Crippen molar-refractivity contribution in [1.29, 1.82) is 0 Å². The van der Waals surface area contributed by atoms with Crippen LogP contribution in [0.3, 0.4) is 0 Å². The van der Waals surface area contributed by atoms with Gasteiger partial charge >= 0.3 is 0 Å². The Labute approximate surface area is 122 Å². The topological polar surface area (TPSA) is 64.2 Å². The minimum absolute atomic E-state index is 0.0846. The van der Waals surface area contributed by atoms with E-state index in [-0.39, 0.29) is 17.9 Å². The smallest absolute Gasteiger partial charge is 0.265 e. The van der Waals surface area contributed by atoms with Gasteiger partial charge in [0.2, 0.25) is 0 Å². The monoisotopic (exact) mass is 342 g/mol. The molecule has 0 saturated heterocycles. The molecule has 0 amide bonds. The lowest BCUT2D eigenvalue weighted by Crippen LogP contribution is -2.14. The van der Waals surface area contributed by atoms with Crippen LogP contribution in [-0.2, 0) is 11.3 Å². The van der Waals surface area contributed by atoms with Gasteiger partial charge in [0.25, 0.3) is 5.56 Å². The van der Waals surface area contributed by atoms with Gasteiger partial charge in [-0.05, 0) is 34.1 Å². The lowest BCUT2D eigenvalue weighted by atomic mass is 10.2. The van der Waals surface area contributed by atoms with Crippen LogP contribution in [0.25, 0.3) is 11.4 Å². The summed E-state index contributed by atoms with van der Waals surface area (Å²) >= 11 is 3.16. The van der Waals surface area contributed by atoms with E-state index in [0.29, 0.717) is 21.6 Å². The maximum absolute atomic E-state index is 13.4. The first kappa shape index (κ1) is 14.7. The lowest BCUT2D eigenvalue weighted by Gasteiger charge is -2.08. The van der Waals surface area contributed by atoms with Crippen LogP contribution in [0.1, 0.15) is 5.69 Å². The zero-order chi connectivity index (χ0) is 14.7. The summed E-state index contributed by atoms with van der Waals surface area (Å²) in [6.07, 6.45) is 0. The molecule has 5 nitrogen and oxygen atoms in total. The van der Waals surface area contributed by atoms with Gasteiger partial charge in [-0.25, -0.2) is 9.37 Å². The van der Waals surface area contributed by atoms with Gasteiger partial charge in [0, 0.05) is 12.7 Å². The summed E-state index contributed by atoms with van der Waals surface area (Å²) in [5, 5.41) is 0. The van der Waals surface area contributed by atoms with Gasteiger partial charge in [0.15, 0.2) is 11.6 Å². The number of methoxy groups -OCH3 is 2. The van der Waals surface area contributed by atoms with Crippen molar-refractivity contribution in [2.45, 2.75) is 6.61 Å². The van der Waals surface area contributed by atoms with Crippen LogP contribution in [0.5, 0.6) is 5.75 Å². The largest absolute Gasteiger partial charge is 0.494 e. The summed E-state index contributed by atoms with van der Waals surface area (Å²) in [7, 11) is 2.88. The van der Waals surface area contributed by atoms with Gasteiger partial charge in [-0.3, -0.25) is 4.79 Å². The molecule has 0 aliphatic carbocycles. The predicted molar refractivity (Wildman–Crippen MR) is 75.2 cm³/mol. The molecule has 0 saturated carbocycles. The molecule has 1 heterocycles. The SMILES string of the molecule is COCc1nc(-c2ccc(F)c(OC)c2)[nH]c(=O)c1Br. The Balaban J connectivity index is 2.55. The molecule has 0 fully saturated rings. The van der Waals surface area contributed by atoms with E-state index in [0.717, 1.165) is 0 Å². The van der Waals surface area contributed by atoms with Crippen molar-refractivity contribution in [3.8, 4) is 17.1 Å². The molecular formula is C13H12BrFN2O3. The fourth-order valence-corrected chi connectivity index (χ4v) is 1.98. The number of hydrogen-bond acceptors (Lipinski definition) is 4. The summed E-state index contributed by atoms with van der Waals surface area (Å²) in [5.74, 6) is -0.0715. The van der Waals surface area contributed by atoms with Gasteiger partial charge in [-0.1, -0.05) is 0 Å².